The summed E-state index contributed by atoms with van der Waals surface area (Å²) < 4.78 is 0. The molecule has 2 nitrogen and oxygen atoms in total. The van der Waals surface area contributed by atoms with Crippen LogP contribution in [0.2, 0.25) is 5.02 Å². The van der Waals surface area contributed by atoms with Crippen LogP contribution in [0, 0.1) is 11.3 Å². The first kappa shape index (κ1) is 13.9. The van der Waals surface area contributed by atoms with E-state index in [9.17, 15) is 5.26 Å². The summed E-state index contributed by atoms with van der Waals surface area (Å²) in [6.07, 6.45) is 9.28. The van der Waals surface area contributed by atoms with Gasteiger partial charge in [0.05, 0.1) is 6.07 Å². The van der Waals surface area contributed by atoms with Gasteiger partial charge in [-0.15, -0.1) is 0 Å². The Balaban J connectivity index is 1.75. The summed E-state index contributed by atoms with van der Waals surface area (Å²) in [6.45, 7) is 0. The fourth-order valence-electron chi connectivity index (χ4n) is 3.67. The largest absolute Gasteiger partial charge is 0.296 e. The molecule has 0 amide bonds. The average Bonchev–Trinajstić information content (AvgIpc) is 2.60. The molecule has 0 radical (unpaired) electrons. The van der Waals surface area contributed by atoms with Gasteiger partial charge in [0.15, 0.2) is 0 Å². The maximum absolute atomic E-state index is 9.71. The molecule has 106 valence electrons. The van der Waals surface area contributed by atoms with E-state index in [4.69, 9.17) is 11.6 Å². The van der Waals surface area contributed by atoms with Crippen molar-refractivity contribution in [3.63, 3.8) is 0 Å². The van der Waals surface area contributed by atoms with Gasteiger partial charge in [-0.1, -0.05) is 43.4 Å². The zero-order valence-corrected chi connectivity index (χ0v) is 12.5. The molecule has 3 rings (SSSR count). The predicted molar refractivity (Wildman–Crippen MR) is 81.8 cm³/mol. The van der Waals surface area contributed by atoms with Crippen LogP contribution in [0.25, 0.3) is 0 Å². The van der Waals surface area contributed by atoms with Crippen LogP contribution in [0.3, 0.4) is 0 Å². The minimum absolute atomic E-state index is 0.415. The zero-order valence-electron chi connectivity index (χ0n) is 11.8. The van der Waals surface area contributed by atoms with Gasteiger partial charge in [0.25, 0.3) is 0 Å². The molecule has 0 bridgehead atoms. The Labute approximate surface area is 126 Å². The van der Waals surface area contributed by atoms with E-state index >= 15 is 0 Å². The number of nitrogens with zero attached hydrogens (tertiary/aromatic N) is 1. The first-order valence-electron chi connectivity index (χ1n) is 7.67. The summed E-state index contributed by atoms with van der Waals surface area (Å²) in [5, 5.41) is 14.2. The van der Waals surface area contributed by atoms with Crippen LogP contribution >= 0.6 is 11.6 Å². The minimum Gasteiger partial charge on any atom is -0.296 e. The molecule has 2 aliphatic rings. The van der Waals surface area contributed by atoms with Crippen molar-refractivity contribution >= 4 is 11.6 Å². The lowest BCUT2D eigenvalue weighted by Crippen LogP contribution is -2.50. The average molecular weight is 289 g/mol. The SMILES string of the molecule is N#CC1(NC2CCCCCC2)Cc2ccc(Cl)cc2C1. The van der Waals surface area contributed by atoms with E-state index in [0.717, 1.165) is 17.9 Å². The van der Waals surface area contributed by atoms with Crippen LogP contribution in [0.15, 0.2) is 18.2 Å². The summed E-state index contributed by atoms with van der Waals surface area (Å²) in [4.78, 5) is 0. The van der Waals surface area contributed by atoms with Gasteiger partial charge in [-0.05, 0) is 36.1 Å². The van der Waals surface area contributed by atoms with Crippen molar-refractivity contribution in [1.29, 1.82) is 5.26 Å². The smallest absolute Gasteiger partial charge is 0.115 e. The highest BCUT2D eigenvalue weighted by atomic mass is 35.5. The molecular formula is C17H21ClN2. The number of rotatable bonds is 2. The number of fused-ring (bicyclic) bond motifs is 1. The fraction of sp³-hybridized carbons (Fsp3) is 0.588. The number of benzene rings is 1. The second-order valence-corrected chi connectivity index (χ2v) is 6.73. The highest BCUT2D eigenvalue weighted by Gasteiger charge is 2.39. The molecule has 20 heavy (non-hydrogen) atoms. The van der Waals surface area contributed by atoms with Crippen LogP contribution < -0.4 is 5.32 Å². The first-order chi connectivity index (χ1) is 9.71. The maximum atomic E-state index is 9.71. The topological polar surface area (TPSA) is 35.8 Å². The molecule has 2 aliphatic carbocycles. The molecular weight excluding hydrogens is 268 g/mol. The van der Waals surface area contributed by atoms with Crippen molar-refractivity contribution in [1.82, 2.24) is 5.32 Å². The van der Waals surface area contributed by atoms with E-state index < -0.39 is 5.54 Å². The van der Waals surface area contributed by atoms with E-state index in [1.807, 2.05) is 12.1 Å². The minimum atomic E-state index is -0.415. The normalized spacial score (nSPS) is 26.8. The van der Waals surface area contributed by atoms with Crippen molar-refractivity contribution < 1.29 is 0 Å². The molecule has 0 saturated heterocycles. The molecule has 1 aromatic carbocycles. The van der Waals surface area contributed by atoms with E-state index in [-0.39, 0.29) is 0 Å². The second kappa shape index (κ2) is 5.76. The van der Waals surface area contributed by atoms with E-state index in [1.165, 1.54) is 49.7 Å². The van der Waals surface area contributed by atoms with Crippen LogP contribution in [0.1, 0.15) is 49.7 Å². The highest BCUT2D eigenvalue weighted by molar-refractivity contribution is 6.30. The van der Waals surface area contributed by atoms with Gasteiger partial charge in [0.1, 0.15) is 5.54 Å². The van der Waals surface area contributed by atoms with Crippen LogP contribution in [-0.2, 0) is 12.8 Å². The van der Waals surface area contributed by atoms with Gasteiger partial charge in [-0.25, -0.2) is 0 Å². The lowest BCUT2D eigenvalue weighted by atomic mass is 9.94. The Morgan fingerprint density at radius 1 is 1.10 bits per heavy atom. The summed E-state index contributed by atoms with van der Waals surface area (Å²) in [7, 11) is 0. The molecule has 1 fully saturated rings. The molecule has 0 heterocycles. The van der Waals surface area contributed by atoms with Gasteiger partial charge in [0.2, 0.25) is 0 Å². The van der Waals surface area contributed by atoms with Gasteiger partial charge in [-0.3, -0.25) is 5.32 Å². The standard InChI is InChI=1S/C17H21ClN2/c18-15-8-7-13-10-17(12-19,11-14(13)9-15)20-16-5-3-1-2-4-6-16/h7-9,16,20H,1-6,10-11H2. The Morgan fingerprint density at radius 2 is 1.80 bits per heavy atom. The van der Waals surface area contributed by atoms with Crippen molar-refractivity contribution in [3.8, 4) is 6.07 Å². The summed E-state index contributed by atoms with van der Waals surface area (Å²) >= 11 is 6.07. The van der Waals surface area contributed by atoms with Crippen LogP contribution in [0.4, 0.5) is 0 Å². The number of hydrogen-bond acceptors (Lipinski definition) is 2. The first-order valence-corrected chi connectivity index (χ1v) is 8.05. The van der Waals surface area contributed by atoms with Gasteiger partial charge in [-0.2, -0.15) is 5.26 Å². The maximum Gasteiger partial charge on any atom is 0.115 e. The lowest BCUT2D eigenvalue weighted by molar-refractivity contribution is 0.340. The molecule has 0 aliphatic heterocycles. The Kier molecular flexibility index (Phi) is 4.01. The Morgan fingerprint density at radius 3 is 2.50 bits per heavy atom. The van der Waals surface area contributed by atoms with Gasteiger partial charge in [0, 0.05) is 23.9 Å². The van der Waals surface area contributed by atoms with Gasteiger partial charge >= 0.3 is 0 Å². The number of nitriles is 1. The zero-order chi connectivity index (χ0) is 14.0. The Hall–Kier alpha value is -1.04. The quantitative estimate of drug-likeness (QED) is 0.835. The molecule has 3 heteroatoms. The molecule has 1 unspecified atom stereocenters. The van der Waals surface area contributed by atoms with E-state index in [2.05, 4.69) is 17.5 Å². The van der Waals surface area contributed by atoms with E-state index in [1.54, 1.807) is 0 Å². The number of nitrogens with one attached hydrogen (secondary N) is 1. The van der Waals surface area contributed by atoms with Crippen molar-refractivity contribution in [2.75, 3.05) is 0 Å². The summed E-state index contributed by atoms with van der Waals surface area (Å²) in [5.74, 6) is 0. The molecule has 1 atom stereocenters. The highest BCUT2D eigenvalue weighted by Crippen LogP contribution is 2.33. The molecule has 1 N–H and O–H groups in total. The van der Waals surface area contributed by atoms with Crippen LogP contribution in [-0.4, -0.2) is 11.6 Å². The molecule has 0 spiro atoms. The second-order valence-electron chi connectivity index (χ2n) is 6.29. The third-order valence-electron chi connectivity index (χ3n) is 4.70. The predicted octanol–water partition coefficient (Wildman–Crippen LogP) is 4.01. The lowest BCUT2D eigenvalue weighted by Gasteiger charge is -2.28. The molecule has 0 aromatic heterocycles. The van der Waals surface area contributed by atoms with Crippen molar-refractivity contribution in [2.24, 2.45) is 0 Å². The van der Waals surface area contributed by atoms with Gasteiger partial charge < -0.3 is 0 Å². The summed E-state index contributed by atoms with van der Waals surface area (Å²) in [5.41, 5.74) is 2.10. The third-order valence-corrected chi connectivity index (χ3v) is 4.94. The molecule has 1 aromatic rings. The number of halogens is 1. The van der Waals surface area contributed by atoms with Crippen LogP contribution in [0.5, 0.6) is 0 Å². The van der Waals surface area contributed by atoms with Crippen molar-refractivity contribution in [2.45, 2.75) is 62.9 Å². The number of hydrogen-bond donors (Lipinski definition) is 1. The third kappa shape index (κ3) is 2.85. The monoisotopic (exact) mass is 288 g/mol. The van der Waals surface area contributed by atoms with E-state index in [0.29, 0.717) is 6.04 Å². The molecule has 1 saturated carbocycles. The van der Waals surface area contributed by atoms with Crippen molar-refractivity contribution in [3.05, 3.63) is 34.3 Å². The Bertz CT molecular complexity index is 526. The summed E-state index contributed by atoms with van der Waals surface area (Å²) in [6, 6.07) is 9.08. The fourth-order valence-corrected chi connectivity index (χ4v) is 3.87.